The maximum Gasteiger partial charge on any atom is 0.408 e. The molecule has 0 aromatic rings. The van der Waals surface area contributed by atoms with E-state index in [4.69, 9.17) is 30.4 Å². The van der Waals surface area contributed by atoms with Gasteiger partial charge < -0.3 is 41.0 Å². The van der Waals surface area contributed by atoms with Crippen LogP contribution in [0.15, 0.2) is 0 Å². The molecule has 2 amide bonds. The zero-order valence-electron chi connectivity index (χ0n) is 17.7. The van der Waals surface area contributed by atoms with Gasteiger partial charge >= 0.3 is 12.2 Å². The number of nitrogens with two attached hydrogens (primary N) is 2. The lowest BCUT2D eigenvalue weighted by Crippen LogP contribution is -2.48. The van der Waals surface area contributed by atoms with Crippen LogP contribution in [0, 0.1) is 0 Å². The van der Waals surface area contributed by atoms with Crippen LogP contribution in [-0.4, -0.2) is 74.0 Å². The van der Waals surface area contributed by atoms with Gasteiger partial charge in [-0.25, -0.2) is 9.59 Å². The molecule has 10 heteroatoms. The molecule has 2 aliphatic heterocycles. The summed E-state index contributed by atoms with van der Waals surface area (Å²) < 4.78 is 20.4. The van der Waals surface area contributed by atoms with E-state index in [0.717, 1.165) is 0 Å². The summed E-state index contributed by atoms with van der Waals surface area (Å²) in [6, 6.07) is -0.542. The minimum Gasteiger partial charge on any atom is -0.444 e. The number of nitrogens with one attached hydrogen (secondary N) is 2. The summed E-state index contributed by atoms with van der Waals surface area (Å²) >= 11 is 0. The second kappa shape index (κ2) is 10.2. The van der Waals surface area contributed by atoms with Crippen molar-refractivity contribution in [1.82, 2.24) is 10.6 Å². The largest absolute Gasteiger partial charge is 0.444 e. The van der Waals surface area contributed by atoms with Crippen molar-refractivity contribution in [2.45, 2.75) is 76.9 Å². The SMILES string of the molecule is CC(C)(C)OC(=O)N[C@@H]1COC[C@H]1N.CC(C)(C)OC(=O)N[C@H]1COC[C@@H]1N. The summed E-state index contributed by atoms with van der Waals surface area (Å²) in [5, 5.41) is 5.35. The molecule has 0 radical (unpaired) electrons. The van der Waals surface area contributed by atoms with Gasteiger partial charge in [-0.2, -0.15) is 0 Å². The van der Waals surface area contributed by atoms with Gasteiger partial charge in [0.1, 0.15) is 11.2 Å². The van der Waals surface area contributed by atoms with Crippen molar-refractivity contribution in [2.24, 2.45) is 11.5 Å². The van der Waals surface area contributed by atoms with Crippen molar-refractivity contribution in [3.63, 3.8) is 0 Å². The van der Waals surface area contributed by atoms with Gasteiger partial charge in [-0.1, -0.05) is 0 Å². The zero-order valence-corrected chi connectivity index (χ0v) is 17.7. The monoisotopic (exact) mass is 404 g/mol. The molecule has 164 valence electrons. The van der Waals surface area contributed by atoms with E-state index in [9.17, 15) is 9.59 Å². The van der Waals surface area contributed by atoms with Gasteiger partial charge in [0.2, 0.25) is 0 Å². The van der Waals surface area contributed by atoms with Gasteiger partial charge in [0.15, 0.2) is 0 Å². The van der Waals surface area contributed by atoms with Crippen LogP contribution in [-0.2, 0) is 18.9 Å². The summed E-state index contributed by atoms with van der Waals surface area (Å²) in [4.78, 5) is 22.6. The Morgan fingerprint density at radius 3 is 1.29 bits per heavy atom. The molecule has 6 N–H and O–H groups in total. The minimum atomic E-state index is -0.479. The van der Waals surface area contributed by atoms with E-state index in [0.29, 0.717) is 26.4 Å². The molecule has 2 aliphatic rings. The van der Waals surface area contributed by atoms with E-state index in [1.165, 1.54) is 0 Å². The topological polar surface area (TPSA) is 147 Å². The highest BCUT2D eigenvalue weighted by molar-refractivity contribution is 5.68. The summed E-state index contributed by atoms with van der Waals surface area (Å²) in [6.45, 7) is 12.8. The van der Waals surface area contributed by atoms with E-state index < -0.39 is 23.4 Å². The van der Waals surface area contributed by atoms with Crippen molar-refractivity contribution in [3.05, 3.63) is 0 Å². The van der Waals surface area contributed by atoms with Crippen LogP contribution in [0.4, 0.5) is 9.59 Å². The number of hydrogen-bond acceptors (Lipinski definition) is 8. The summed E-state index contributed by atoms with van der Waals surface area (Å²) in [6.07, 6.45) is -0.882. The second-order valence-electron chi connectivity index (χ2n) is 8.91. The smallest absolute Gasteiger partial charge is 0.408 e. The fraction of sp³-hybridized carbons (Fsp3) is 0.889. The van der Waals surface area contributed by atoms with Crippen molar-refractivity contribution >= 4 is 12.2 Å². The average Bonchev–Trinajstić information content (AvgIpc) is 3.05. The molecule has 0 aromatic carbocycles. The van der Waals surface area contributed by atoms with Crippen molar-refractivity contribution in [3.8, 4) is 0 Å². The van der Waals surface area contributed by atoms with Crippen LogP contribution in [0.2, 0.25) is 0 Å². The zero-order chi connectivity index (χ0) is 21.5. The van der Waals surface area contributed by atoms with Crippen molar-refractivity contribution in [1.29, 1.82) is 0 Å². The van der Waals surface area contributed by atoms with E-state index in [2.05, 4.69) is 10.6 Å². The van der Waals surface area contributed by atoms with Crippen molar-refractivity contribution < 1.29 is 28.5 Å². The molecule has 0 aliphatic carbocycles. The Labute approximate surface area is 166 Å². The normalized spacial score (nSPS) is 27.4. The lowest BCUT2D eigenvalue weighted by atomic mass is 10.2. The molecule has 0 spiro atoms. The fourth-order valence-corrected chi connectivity index (χ4v) is 2.36. The second-order valence-corrected chi connectivity index (χ2v) is 8.91. The third kappa shape index (κ3) is 10.1. The molecule has 10 nitrogen and oxygen atoms in total. The first-order valence-electron chi connectivity index (χ1n) is 9.42. The maximum absolute atomic E-state index is 11.3. The maximum atomic E-state index is 11.3. The molecule has 28 heavy (non-hydrogen) atoms. The molecule has 0 unspecified atom stereocenters. The molecular formula is C18H36N4O6. The molecule has 0 aromatic heterocycles. The fourth-order valence-electron chi connectivity index (χ4n) is 2.36. The van der Waals surface area contributed by atoms with Crippen LogP contribution in [0.5, 0.6) is 0 Å². The van der Waals surface area contributed by atoms with Gasteiger partial charge in [-0.05, 0) is 41.5 Å². The minimum absolute atomic E-state index is 0.134. The molecule has 2 fully saturated rings. The predicted octanol–water partition coefficient (Wildman–Crippen LogP) is 0.474. The van der Waals surface area contributed by atoms with Gasteiger partial charge in [-0.3, -0.25) is 0 Å². The third-order valence-electron chi connectivity index (χ3n) is 3.65. The number of ether oxygens (including phenoxy) is 4. The highest BCUT2D eigenvalue weighted by Gasteiger charge is 2.29. The van der Waals surface area contributed by atoms with Crippen molar-refractivity contribution in [2.75, 3.05) is 26.4 Å². The summed E-state index contributed by atoms with van der Waals surface area (Å²) in [5.41, 5.74) is 10.4. The number of hydrogen-bond donors (Lipinski definition) is 4. The number of carbonyl (C=O) groups excluding carboxylic acids is 2. The van der Waals surface area contributed by atoms with E-state index in [1.54, 1.807) is 0 Å². The first-order chi connectivity index (χ1) is 12.8. The van der Waals surface area contributed by atoms with Crippen LogP contribution in [0.25, 0.3) is 0 Å². The molecule has 0 saturated carbocycles. The standard InChI is InChI=1S/2C9H18N2O3/c2*1-9(2,3)14-8(12)11-7-5-13-4-6(7)10/h2*6-7H,4-5,10H2,1-3H3,(H,11,12)/t2*6-,7-/m10/s1. The number of carbonyl (C=O) groups is 2. The lowest BCUT2D eigenvalue weighted by molar-refractivity contribution is 0.0485. The van der Waals surface area contributed by atoms with Crippen LogP contribution in [0.3, 0.4) is 0 Å². The Balaban J connectivity index is 0.000000280. The highest BCUT2D eigenvalue weighted by Crippen LogP contribution is 2.09. The molecule has 2 rings (SSSR count). The van der Waals surface area contributed by atoms with Crippen LogP contribution < -0.4 is 22.1 Å². The molecule has 2 heterocycles. The molecular weight excluding hydrogens is 368 g/mol. The van der Waals surface area contributed by atoms with Gasteiger partial charge in [0.25, 0.3) is 0 Å². The van der Waals surface area contributed by atoms with E-state index in [-0.39, 0.29) is 24.2 Å². The average molecular weight is 405 g/mol. The quantitative estimate of drug-likeness (QED) is 0.519. The number of rotatable bonds is 2. The van der Waals surface area contributed by atoms with E-state index >= 15 is 0 Å². The van der Waals surface area contributed by atoms with Crippen LogP contribution >= 0.6 is 0 Å². The van der Waals surface area contributed by atoms with Gasteiger partial charge in [0.05, 0.1) is 50.6 Å². The van der Waals surface area contributed by atoms with Crippen LogP contribution in [0.1, 0.15) is 41.5 Å². The van der Waals surface area contributed by atoms with Gasteiger partial charge in [0, 0.05) is 0 Å². The number of alkyl carbamates (subject to hydrolysis) is 2. The summed E-state index contributed by atoms with van der Waals surface area (Å²) in [7, 11) is 0. The summed E-state index contributed by atoms with van der Waals surface area (Å²) in [5.74, 6) is 0. The number of amides is 2. The van der Waals surface area contributed by atoms with E-state index in [1.807, 2.05) is 41.5 Å². The molecule has 0 bridgehead atoms. The Kier molecular flexibility index (Phi) is 8.93. The lowest BCUT2D eigenvalue weighted by Gasteiger charge is -2.22. The molecule has 4 atom stereocenters. The first-order valence-corrected chi connectivity index (χ1v) is 9.42. The predicted molar refractivity (Wildman–Crippen MR) is 104 cm³/mol. The molecule has 2 saturated heterocycles. The van der Waals surface area contributed by atoms with Gasteiger partial charge in [-0.15, -0.1) is 0 Å². The Morgan fingerprint density at radius 2 is 1.07 bits per heavy atom. The Bertz CT molecular complexity index is 471. The Morgan fingerprint density at radius 1 is 0.750 bits per heavy atom. The third-order valence-corrected chi connectivity index (χ3v) is 3.65. The Hall–Kier alpha value is -1.62. The first kappa shape index (κ1) is 24.4. The highest BCUT2D eigenvalue weighted by atomic mass is 16.6.